The number of H-pyrrole nitrogens is 1. The quantitative estimate of drug-likeness (QED) is 0.917. The number of carbonyl (C=O) groups excluding carboxylic acids is 1. The van der Waals surface area contributed by atoms with Crippen LogP contribution < -0.4 is 4.74 Å². The first kappa shape index (κ1) is 17.1. The molecule has 1 saturated carbocycles. The Hall–Kier alpha value is -2.30. The molecule has 2 aromatic rings. The molecule has 1 amide bonds. The number of aromatic nitrogens is 2. The Labute approximate surface area is 154 Å². The number of nitrogens with zero attached hydrogens (tertiary/aromatic N) is 2. The highest BCUT2D eigenvalue weighted by molar-refractivity contribution is 5.79. The van der Waals surface area contributed by atoms with Gasteiger partial charge in [-0.05, 0) is 43.5 Å². The maximum Gasteiger partial charge on any atom is 0.225 e. The Bertz CT molecular complexity index is 760. The van der Waals surface area contributed by atoms with E-state index in [9.17, 15) is 4.79 Å². The molecule has 1 aromatic heterocycles. The number of fused-ring (bicyclic) bond motifs is 1. The van der Waals surface area contributed by atoms with Gasteiger partial charge in [-0.25, -0.2) is 0 Å². The minimum atomic E-state index is 0.249. The van der Waals surface area contributed by atoms with E-state index >= 15 is 0 Å². The predicted octanol–water partition coefficient (Wildman–Crippen LogP) is 3.59. The zero-order valence-electron chi connectivity index (χ0n) is 15.5. The molecule has 0 radical (unpaired) electrons. The molecule has 1 aromatic carbocycles. The van der Waals surface area contributed by atoms with Gasteiger partial charge in [0, 0.05) is 42.2 Å². The number of rotatable bonds is 3. The van der Waals surface area contributed by atoms with Crippen LogP contribution in [0.25, 0.3) is 11.3 Å². The molecule has 2 heterocycles. The van der Waals surface area contributed by atoms with Gasteiger partial charge in [0.25, 0.3) is 0 Å². The highest BCUT2D eigenvalue weighted by Crippen LogP contribution is 2.30. The number of methoxy groups -OCH3 is 1. The summed E-state index contributed by atoms with van der Waals surface area (Å²) in [4.78, 5) is 15.0. The van der Waals surface area contributed by atoms with Crippen LogP contribution in [-0.4, -0.2) is 41.2 Å². The summed E-state index contributed by atoms with van der Waals surface area (Å²) in [6.45, 7) is 1.59. The molecule has 26 heavy (non-hydrogen) atoms. The van der Waals surface area contributed by atoms with Gasteiger partial charge in [-0.3, -0.25) is 9.89 Å². The largest absolute Gasteiger partial charge is 0.497 e. The number of hydrogen-bond acceptors (Lipinski definition) is 3. The summed E-state index contributed by atoms with van der Waals surface area (Å²) in [5.41, 5.74) is 4.54. The maximum absolute atomic E-state index is 12.9. The van der Waals surface area contributed by atoms with Crippen LogP contribution in [0.1, 0.15) is 43.4 Å². The Morgan fingerprint density at radius 1 is 1.12 bits per heavy atom. The van der Waals surface area contributed by atoms with Crippen molar-refractivity contribution in [1.82, 2.24) is 15.1 Å². The number of carbonyl (C=O) groups is 1. The van der Waals surface area contributed by atoms with E-state index in [0.717, 1.165) is 55.8 Å². The third-order valence-corrected chi connectivity index (χ3v) is 5.85. The van der Waals surface area contributed by atoms with Gasteiger partial charge in [-0.1, -0.05) is 19.3 Å². The average Bonchev–Trinajstić information content (AvgIpc) is 2.99. The number of amides is 1. The lowest BCUT2D eigenvalue weighted by molar-refractivity contribution is -0.136. The molecule has 0 saturated heterocycles. The van der Waals surface area contributed by atoms with Gasteiger partial charge >= 0.3 is 0 Å². The third kappa shape index (κ3) is 3.35. The molecule has 1 aliphatic heterocycles. The molecule has 0 atom stereocenters. The van der Waals surface area contributed by atoms with Crippen LogP contribution in [0.3, 0.4) is 0 Å². The highest BCUT2D eigenvalue weighted by Gasteiger charge is 2.28. The smallest absolute Gasteiger partial charge is 0.225 e. The number of ether oxygens (including phenoxy) is 1. The van der Waals surface area contributed by atoms with E-state index in [1.165, 1.54) is 30.5 Å². The van der Waals surface area contributed by atoms with Gasteiger partial charge in [-0.15, -0.1) is 0 Å². The van der Waals surface area contributed by atoms with Crippen molar-refractivity contribution in [3.63, 3.8) is 0 Å². The fourth-order valence-corrected chi connectivity index (χ4v) is 4.30. The topological polar surface area (TPSA) is 58.2 Å². The van der Waals surface area contributed by atoms with Gasteiger partial charge in [0.2, 0.25) is 5.91 Å². The van der Waals surface area contributed by atoms with Crippen LogP contribution in [0.4, 0.5) is 0 Å². The van der Waals surface area contributed by atoms with Gasteiger partial charge in [0.1, 0.15) is 5.75 Å². The summed E-state index contributed by atoms with van der Waals surface area (Å²) in [6.07, 6.45) is 7.55. The second kappa shape index (κ2) is 7.52. The van der Waals surface area contributed by atoms with Crippen molar-refractivity contribution in [2.45, 2.75) is 44.9 Å². The lowest BCUT2D eigenvalue weighted by Gasteiger charge is -2.28. The highest BCUT2D eigenvalue weighted by atomic mass is 16.5. The van der Waals surface area contributed by atoms with E-state index in [1.807, 2.05) is 24.3 Å². The van der Waals surface area contributed by atoms with Crippen molar-refractivity contribution in [2.75, 3.05) is 20.2 Å². The molecule has 0 bridgehead atoms. The number of nitrogens with one attached hydrogen (secondary N) is 1. The number of hydrogen-bond donors (Lipinski definition) is 1. The zero-order valence-corrected chi connectivity index (χ0v) is 15.5. The molecule has 0 spiro atoms. The molecule has 2 aliphatic rings. The molecule has 1 aliphatic carbocycles. The van der Waals surface area contributed by atoms with Crippen LogP contribution in [0.15, 0.2) is 24.3 Å². The van der Waals surface area contributed by atoms with Crippen molar-refractivity contribution in [3.05, 3.63) is 35.5 Å². The average molecular weight is 353 g/mol. The SMILES string of the molecule is COc1ccc(-c2n[nH]c3c2CCN(C(=O)C2CCCCC2)CC3)cc1. The van der Waals surface area contributed by atoms with Gasteiger partial charge < -0.3 is 9.64 Å². The predicted molar refractivity (Wildman–Crippen MR) is 101 cm³/mol. The minimum Gasteiger partial charge on any atom is -0.497 e. The van der Waals surface area contributed by atoms with Crippen molar-refractivity contribution in [3.8, 4) is 17.0 Å². The summed E-state index contributed by atoms with van der Waals surface area (Å²) >= 11 is 0. The van der Waals surface area contributed by atoms with Crippen molar-refractivity contribution in [1.29, 1.82) is 0 Å². The molecule has 1 N–H and O–H groups in total. The van der Waals surface area contributed by atoms with Crippen LogP contribution in [0.5, 0.6) is 5.75 Å². The first-order chi connectivity index (χ1) is 12.8. The lowest BCUT2D eigenvalue weighted by Crippen LogP contribution is -2.38. The molecular weight excluding hydrogens is 326 g/mol. The van der Waals surface area contributed by atoms with Crippen molar-refractivity contribution < 1.29 is 9.53 Å². The first-order valence-corrected chi connectivity index (χ1v) is 9.75. The molecule has 0 unspecified atom stereocenters. The third-order valence-electron chi connectivity index (χ3n) is 5.85. The van der Waals surface area contributed by atoms with Gasteiger partial charge in [-0.2, -0.15) is 5.10 Å². The summed E-state index contributed by atoms with van der Waals surface area (Å²) in [5.74, 6) is 1.47. The lowest BCUT2D eigenvalue weighted by atomic mass is 9.88. The molecule has 1 fully saturated rings. The van der Waals surface area contributed by atoms with Crippen molar-refractivity contribution >= 4 is 5.91 Å². The molecule has 5 heteroatoms. The van der Waals surface area contributed by atoms with Crippen LogP contribution >= 0.6 is 0 Å². The Morgan fingerprint density at radius 3 is 2.58 bits per heavy atom. The van der Waals surface area contributed by atoms with E-state index < -0.39 is 0 Å². The fourth-order valence-electron chi connectivity index (χ4n) is 4.30. The van der Waals surface area contributed by atoms with E-state index in [-0.39, 0.29) is 5.92 Å². The van der Waals surface area contributed by atoms with Crippen LogP contribution in [-0.2, 0) is 17.6 Å². The first-order valence-electron chi connectivity index (χ1n) is 9.75. The minimum absolute atomic E-state index is 0.249. The summed E-state index contributed by atoms with van der Waals surface area (Å²) in [7, 11) is 1.67. The second-order valence-corrected chi connectivity index (χ2v) is 7.42. The summed E-state index contributed by atoms with van der Waals surface area (Å²) in [5, 5.41) is 7.77. The Balaban J connectivity index is 1.49. The molecule has 5 nitrogen and oxygen atoms in total. The van der Waals surface area contributed by atoms with Crippen LogP contribution in [0, 0.1) is 5.92 Å². The van der Waals surface area contributed by atoms with Gasteiger partial charge in [0.05, 0.1) is 12.8 Å². The molecule has 138 valence electrons. The number of aromatic amines is 1. The van der Waals surface area contributed by atoms with E-state index in [1.54, 1.807) is 7.11 Å². The van der Waals surface area contributed by atoms with Crippen molar-refractivity contribution in [2.24, 2.45) is 5.92 Å². The second-order valence-electron chi connectivity index (χ2n) is 7.42. The molecule has 4 rings (SSSR count). The zero-order chi connectivity index (χ0) is 17.9. The molecular formula is C21H27N3O2. The van der Waals surface area contributed by atoms with E-state index in [4.69, 9.17) is 4.74 Å². The van der Waals surface area contributed by atoms with Crippen LogP contribution in [0.2, 0.25) is 0 Å². The van der Waals surface area contributed by atoms with E-state index in [0.29, 0.717) is 5.91 Å². The maximum atomic E-state index is 12.9. The van der Waals surface area contributed by atoms with E-state index in [2.05, 4.69) is 15.1 Å². The standard InChI is InChI=1S/C21H27N3O2/c1-26-17-9-7-15(8-10-17)20-18-11-13-24(14-12-19(18)22-23-20)21(25)16-5-3-2-4-6-16/h7-10,16H,2-6,11-14H2,1H3,(H,22,23). The normalized spacial score (nSPS) is 18.3. The fraction of sp³-hybridized carbons (Fsp3) is 0.524. The monoisotopic (exact) mass is 353 g/mol. The Morgan fingerprint density at radius 2 is 1.85 bits per heavy atom. The Kier molecular flexibility index (Phi) is 4.96. The summed E-state index contributed by atoms with van der Waals surface area (Å²) < 4.78 is 5.24. The summed E-state index contributed by atoms with van der Waals surface area (Å²) in [6, 6.07) is 8.02. The van der Waals surface area contributed by atoms with Gasteiger partial charge in [0.15, 0.2) is 0 Å². The number of benzene rings is 1.